The van der Waals surface area contributed by atoms with Gasteiger partial charge in [0.15, 0.2) is 0 Å². The number of rotatable bonds is 6. The number of hydrogen-bond donors (Lipinski definition) is 0. The van der Waals surface area contributed by atoms with Gasteiger partial charge in [0.1, 0.15) is 24.7 Å². The molecule has 2 nitrogen and oxygen atoms in total. The molecule has 0 aliphatic rings. The minimum absolute atomic E-state index is 0.529. The van der Waals surface area contributed by atoms with E-state index in [2.05, 4.69) is 34.3 Å². The van der Waals surface area contributed by atoms with E-state index < -0.39 is 0 Å². The number of ether oxygens (including phenoxy) is 2. The molecule has 0 unspecified atom stereocenters. The highest BCUT2D eigenvalue weighted by Crippen LogP contribution is 2.19. The quantitative estimate of drug-likeness (QED) is 0.565. The minimum Gasteiger partial charge on any atom is -0.490 e. The van der Waals surface area contributed by atoms with Crippen LogP contribution in [0.15, 0.2) is 57.9 Å². The normalized spacial score (nSPS) is 10.2. The lowest BCUT2D eigenvalue weighted by Gasteiger charge is -2.08. The molecule has 2 rings (SSSR count). The standard InChI is InChI=1S/C15H15BrO2S/c1-19-15-7-5-13(6-8-15)17-9-10-18-14-4-2-3-12(16)11-14/h2-8,11H,9-10H2,1H3. The third-order valence-electron chi connectivity index (χ3n) is 2.48. The van der Waals surface area contributed by atoms with E-state index in [1.54, 1.807) is 11.8 Å². The summed E-state index contributed by atoms with van der Waals surface area (Å²) < 4.78 is 12.2. The Bertz CT molecular complexity index is 514. The van der Waals surface area contributed by atoms with Gasteiger partial charge in [-0.1, -0.05) is 22.0 Å². The largest absolute Gasteiger partial charge is 0.490 e. The molecule has 0 bridgehead atoms. The maximum absolute atomic E-state index is 5.61. The summed E-state index contributed by atoms with van der Waals surface area (Å²) >= 11 is 5.13. The van der Waals surface area contributed by atoms with Crippen molar-refractivity contribution in [1.29, 1.82) is 0 Å². The molecule has 0 atom stereocenters. The third kappa shape index (κ3) is 4.80. The monoisotopic (exact) mass is 338 g/mol. The molecule has 2 aromatic carbocycles. The van der Waals surface area contributed by atoms with Crippen molar-refractivity contribution in [2.75, 3.05) is 19.5 Å². The fourth-order valence-electron chi connectivity index (χ4n) is 1.55. The van der Waals surface area contributed by atoms with Crippen LogP contribution < -0.4 is 9.47 Å². The molecule has 0 aliphatic carbocycles. The smallest absolute Gasteiger partial charge is 0.122 e. The molecule has 2 aromatic rings. The molecule has 0 N–H and O–H groups in total. The first-order valence-corrected chi connectivity index (χ1v) is 7.95. The van der Waals surface area contributed by atoms with E-state index in [0.717, 1.165) is 16.0 Å². The lowest BCUT2D eigenvalue weighted by molar-refractivity contribution is 0.217. The van der Waals surface area contributed by atoms with E-state index in [4.69, 9.17) is 9.47 Å². The second-order valence-electron chi connectivity index (χ2n) is 3.83. The molecular formula is C15H15BrO2S. The van der Waals surface area contributed by atoms with Crippen molar-refractivity contribution < 1.29 is 9.47 Å². The predicted octanol–water partition coefficient (Wildman–Crippen LogP) is 4.63. The van der Waals surface area contributed by atoms with Crippen molar-refractivity contribution in [3.63, 3.8) is 0 Å². The van der Waals surface area contributed by atoms with Crippen LogP contribution in [0.1, 0.15) is 0 Å². The van der Waals surface area contributed by atoms with Gasteiger partial charge in [-0.05, 0) is 48.7 Å². The van der Waals surface area contributed by atoms with E-state index in [1.165, 1.54) is 4.90 Å². The van der Waals surface area contributed by atoms with E-state index in [9.17, 15) is 0 Å². The van der Waals surface area contributed by atoms with E-state index in [-0.39, 0.29) is 0 Å². The van der Waals surface area contributed by atoms with Crippen molar-refractivity contribution in [1.82, 2.24) is 0 Å². The van der Waals surface area contributed by atoms with Crippen LogP contribution in [-0.4, -0.2) is 19.5 Å². The maximum atomic E-state index is 5.61. The van der Waals surface area contributed by atoms with Gasteiger partial charge >= 0.3 is 0 Å². The molecule has 0 heterocycles. The van der Waals surface area contributed by atoms with Crippen molar-refractivity contribution >= 4 is 27.7 Å². The summed E-state index contributed by atoms with van der Waals surface area (Å²) in [5.74, 6) is 1.71. The van der Waals surface area contributed by atoms with Gasteiger partial charge in [0.2, 0.25) is 0 Å². The number of halogens is 1. The molecule has 0 aliphatic heterocycles. The molecule has 0 saturated carbocycles. The fourth-order valence-corrected chi connectivity index (χ4v) is 2.33. The number of hydrogen-bond acceptors (Lipinski definition) is 3. The van der Waals surface area contributed by atoms with Gasteiger partial charge in [-0.15, -0.1) is 11.8 Å². The van der Waals surface area contributed by atoms with Gasteiger partial charge in [-0.3, -0.25) is 0 Å². The average Bonchev–Trinajstić information content (AvgIpc) is 2.44. The number of thioether (sulfide) groups is 1. The lowest BCUT2D eigenvalue weighted by atomic mass is 10.3. The highest BCUT2D eigenvalue weighted by molar-refractivity contribution is 9.10. The first-order valence-electron chi connectivity index (χ1n) is 5.93. The van der Waals surface area contributed by atoms with Crippen LogP contribution in [0.25, 0.3) is 0 Å². The second-order valence-corrected chi connectivity index (χ2v) is 5.63. The molecule has 0 fully saturated rings. The highest BCUT2D eigenvalue weighted by atomic mass is 79.9. The van der Waals surface area contributed by atoms with Crippen LogP contribution in [0.2, 0.25) is 0 Å². The topological polar surface area (TPSA) is 18.5 Å². The molecule has 100 valence electrons. The summed E-state index contributed by atoms with van der Waals surface area (Å²) in [5, 5.41) is 0. The Labute approximate surface area is 126 Å². The van der Waals surface area contributed by atoms with Crippen LogP contribution >= 0.6 is 27.7 Å². The van der Waals surface area contributed by atoms with Crippen LogP contribution in [0.4, 0.5) is 0 Å². The summed E-state index contributed by atoms with van der Waals surface area (Å²) in [7, 11) is 0. The zero-order valence-corrected chi connectivity index (χ0v) is 13.0. The molecule has 4 heteroatoms. The first-order chi connectivity index (χ1) is 9.28. The predicted molar refractivity (Wildman–Crippen MR) is 83.4 cm³/mol. The summed E-state index contributed by atoms with van der Waals surface area (Å²) in [6.45, 7) is 1.06. The van der Waals surface area contributed by atoms with E-state index in [1.807, 2.05) is 36.4 Å². The molecule has 0 saturated heterocycles. The maximum Gasteiger partial charge on any atom is 0.122 e. The summed E-state index contributed by atoms with van der Waals surface area (Å²) in [6.07, 6.45) is 2.06. The average molecular weight is 339 g/mol. The van der Waals surface area contributed by atoms with E-state index in [0.29, 0.717) is 13.2 Å². The molecule has 0 aromatic heterocycles. The van der Waals surface area contributed by atoms with Crippen LogP contribution in [0.5, 0.6) is 11.5 Å². The molecule has 0 spiro atoms. The minimum atomic E-state index is 0.529. The van der Waals surface area contributed by atoms with Gasteiger partial charge in [-0.25, -0.2) is 0 Å². The Kier molecular flexibility index (Phi) is 5.61. The summed E-state index contributed by atoms with van der Waals surface area (Å²) in [5.41, 5.74) is 0. The van der Waals surface area contributed by atoms with Crippen LogP contribution in [0.3, 0.4) is 0 Å². The number of benzene rings is 2. The van der Waals surface area contributed by atoms with Gasteiger partial charge in [-0.2, -0.15) is 0 Å². The highest BCUT2D eigenvalue weighted by Gasteiger charge is 1.97. The molecule has 0 radical (unpaired) electrons. The van der Waals surface area contributed by atoms with Gasteiger partial charge in [0.05, 0.1) is 0 Å². The SMILES string of the molecule is CSc1ccc(OCCOc2cccc(Br)c2)cc1. The molecular weight excluding hydrogens is 324 g/mol. The van der Waals surface area contributed by atoms with Crippen molar-refractivity contribution in [3.8, 4) is 11.5 Å². The van der Waals surface area contributed by atoms with Crippen molar-refractivity contribution in [2.45, 2.75) is 4.90 Å². The summed E-state index contributed by atoms with van der Waals surface area (Å²) in [6, 6.07) is 15.8. The van der Waals surface area contributed by atoms with E-state index >= 15 is 0 Å². The Morgan fingerprint density at radius 1 is 0.947 bits per heavy atom. The fraction of sp³-hybridized carbons (Fsp3) is 0.200. The Morgan fingerprint density at radius 2 is 1.63 bits per heavy atom. The van der Waals surface area contributed by atoms with Crippen LogP contribution in [-0.2, 0) is 0 Å². The van der Waals surface area contributed by atoms with Crippen molar-refractivity contribution in [3.05, 3.63) is 53.0 Å². The zero-order chi connectivity index (χ0) is 13.5. The first kappa shape index (κ1) is 14.3. The molecule has 0 amide bonds. The zero-order valence-electron chi connectivity index (χ0n) is 10.6. The van der Waals surface area contributed by atoms with Gasteiger partial charge < -0.3 is 9.47 Å². The van der Waals surface area contributed by atoms with Gasteiger partial charge in [0, 0.05) is 9.37 Å². The van der Waals surface area contributed by atoms with Gasteiger partial charge in [0.25, 0.3) is 0 Å². The third-order valence-corrected chi connectivity index (χ3v) is 3.71. The lowest BCUT2D eigenvalue weighted by Crippen LogP contribution is -2.08. The summed E-state index contributed by atoms with van der Waals surface area (Å²) in [4.78, 5) is 1.23. The second kappa shape index (κ2) is 7.46. The van der Waals surface area contributed by atoms with Crippen molar-refractivity contribution in [2.24, 2.45) is 0 Å². The molecule has 19 heavy (non-hydrogen) atoms. The van der Waals surface area contributed by atoms with Crippen LogP contribution in [0, 0.1) is 0 Å². The Balaban J connectivity index is 1.74. The Morgan fingerprint density at radius 3 is 2.26 bits per heavy atom. The Hall–Kier alpha value is -1.13.